The molecule has 0 spiro atoms. The molecule has 9 heteroatoms. The van der Waals surface area contributed by atoms with Gasteiger partial charge in [-0.1, -0.05) is 0 Å². The highest BCUT2D eigenvalue weighted by Crippen LogP contribution is 2.70. The zero-order valence-corrected chi connectivity index (χ0v) is 14.9. The molecule has 0 atom stereocenters. The quantitative estimate of drug-likeness (QED) is 0.811. The second kappa shape index (κ2) is 5.84. The molecule has 144 valence electrons. The Balaban J connectivity index is 1.56. The second-order valence-electron chi connectivity index (χ2n) is 7.72. The minimum atomic E-state index is -4.80. The van der Waals surface area contributed by atoms with Crippen molar-refractivity contribution < 1.29 is 26.3 Å². The molecular weight excluding hydrogens is 369 g/mol. The Morgan fingerprint density at radius 3 is 2.12 bits per heavy atom. The molecule has 4 fully saturated rings. The van der Waals surface area contributed by atoms with Gasteiger partial charge in [-0.05, 0) is 80.8 Å². The fraction of sp³-hybridized carbons (Fsp3) is 0.647. The van der Waals surface area contributed by atoms with Gasteiger partial charge < -0.3 is 10.1 Å². The zero-order valence-electron chi connectivity index (χ0n) is 14.1. The van der Waals surface area contributed by atoms with Crippen LogP contribution < -0.4 is 14.8 Å². The van der Waals surface area contributed by atoms with Crippen LogP contribution in [0.15, 0.2) is 29.2 Å². The van der Waals surface area contributed by atoms with Crippen LogP contribution in [0, 0.1) is 11.3 Å². The van der Waals surface area contributed by atoms with Crippen LogP contribution in [0.2, 0.25) is 0 Å². The fourth-order valence-corrected chi connectivity index (χ4v) is 6.34. The maximum Gasteiger partial charge on any atom is 0.573 e. The van der Waals surface area contributed by atoms with E-state index in [1.54, 1.807) is 0 Å². The van der Waals surface area contributed by atoms with E-state index >= 15 is 0 Å². The summed E-state index contributed by atoms with van der Waals surface area (Å²) in [7, 11) is -3.83. The predicted octanol–water partition coefficient (Wildman–Crippen LogP) is 2.79. The molecule has 1 saturated heterocycles. The average Bonchev–Trinajstić information content (AvgIpc) is 2.43. The molecule has 1 aromatic rings. The van der Waals surface area contributed by atoms with Gasteiger partial charge in [0.05, 0.1) is 4.90 Å². The molecule has 1 aliphatic heterocycles. The molecule has 26 heavy (non-hydrogen) atoms. The monoisotopic (exact) mass is 390 g/mol. The van der Waals surface area contributed by atoms with E-state index in [-0.39, 0.29) is 10.3 Å². The van der Waals surface area contributed by atoms with E-state index in [4.69, 9.17) is 0 Å². The third kappa shape index (κ3) is 2.99. The van der Waals surface area contributed by atoms with E-state index < -0.39 is 27.7 Å². The van der Waals surface area contributed by atoms with Crippen LogP contribution in [-0.4, -0.2) is 33.4 Å². The van der Waals surface area contributed by atoms with Gasteiger partial charge in [0.2, 0.25) is 10.0 Å². The summed E-state index contributed by atoms with van der Waals surface area (Å²) in [5, 5.41) is 3.27. The maximum atomic E-state index is 12.9. The number of alkyl halides is 3. The van der Waals surface area contributed by atoms with Crippen LogP contribution in [-0.2, 0) is 10.0 Å². The van der Waals surface area contributed by atoms with Crippen LogP contribution in [0.3, 0.4) is 0 Å². The van der Waals surface area contributed by atoms with Crippen molar-refractivity contribution in [3.05, 3.63) is 24.3 Å². The van der Waals surface area contributed by atoms with E-state index in [9.17, 15) is 21.6 Å². The van der Waals surface area contributed by atoms with Gasteiger partial charge in [0.1, 0.15) is 5.75 Å². The third-order valence-electron chi connectivity index (χ3n) is 6.21. The Bertz CT molecular complexity index is 769. The summed E-state index contributed by atoms with van der Waals surface area (Å²) in [5.41, 5.74) is -0.418. The standard InChI is InChI=1S/C17H21F3N2O3S/c18-17(19,20)25-13-1-3-14(4-2-13)26(23,24)22-16(5-7-21-8-6-16)15-9-12(10-15)11-15/h1-4,12,21-22H,5-11H2. The summed E-state index contributed by atoms with van der Waals surface area (Å²) in [6, 6.07) is 4.36. The van der Waals surface area contributed by atoms with Gasteiger partial charge in [0, 0.05) is 5.54 Å². The molecular formula is C17H21F3N2O3S. The number of benzene rings is 1. The van der Waals surface area contributed by atoms with E-state index in [2.05, 4.69) is 14.8 Å². The summed E-state index contributed by atoms with van der Waals surface area (Å²) < 4.78 is 69.3. The highest BCUT2D eigenvalue weighted by Gasteiger charge is 2.67. The van der Waals surface area contributed by atoms with Crippen molar-refractivity contribution in [2.45, 2.75) is 48.9 Å². The summed E-state index contributed by atoms with van der Waals surface area (Å²) >= 11 is 0. The lowest BCUT2D eigenvalue weighted by Gasteiger charge is -2.71. The Morgan fingerprint density at radius 2 is 1.65 bits per heavy atom. The Hall–Kier alpha value is -1.32. The van der Waals surface area contributed by atoms with E-state index in [1.165, 1.54) is 0 Å². The number of piperidine rings is 1. The Kier molecular flexibility index (Phi) is 4.06. The topological polar surface area (TPSA) is 67.4 Å². The summed E-state index contributed by atoms with van der Waals surface area (Å²) in [5.74, 6) is 0.289. The number of hydrogen-bond acceptors (Lipinski definition) is 4. The first-order valence-electron chi connectivity index (χ1n) is 8.74. The van der Waals surface area contributed by atoms with Gasteiger partial charge >= 0.3 is 6.36 Å². The van der Waals surface area contributed by atoms with Gasteiger partial charge in [-0.2, -0.15) is 0 Å². The van der Waals surface area contributed by atoms with Crippen molar-refractivity contribution in [2.75, 3.05) is 13.1 Å². The molecule has 0 unspecified atom stereocenters. The highest BCUT2D eigenvalue weighted by atomic mass is 32.2. The molecule has 2 bridgehead atoms. The molecule has 4 aliphatic rings. The maximum absolute atomic E-state index is 12.9. The van der Waals surface area contributed by atoms with Crippen molar-refractivity contribution in [3.63, 3.8) is 0 Å². The third-order valence-corrected chi connectivity index (χ3v) is 7.76. The molecule has 2 N–H and O–H groups in total. The summed E-state index contributed by atoms with van der Waals surface area (Å²) in [4.78, 5) is -0.0449. The van der Waals surface area contributed by atoms with Crippen LogP contribution >= 0.6 is 0 Å². The van der Waals surface area contributed by atoms with Crippen LogP contribution in [0.4, 0.5) is 13.2 Å². The van der Waals surface area contributed by atoms with Gasteiger partial charge in [0.25, 0.3) is 0 Å². The van der Waals surface area contributed by atoms with Crippen molar-refractivity contribution in [2.24, 2.45) is 11.3 Å². The average molecular weight is 390 g/mol. The van der Waals surface area contributed by atoms with Crippen molar-refractivity contribution in [3.8, 4) is 5.75 Å². The zero-order chi connectivity index (χ0) is 18.6. The molecule has 3 saturated carbocycles. The summed E-state index contributed by atoms with van der Waals surface area (Å²) in [6.07, 6.45) is -0.153. The van der Waals surface area contributed by atoms with Crippen LogP contribution in [0.5, 0.6) is 5.75 Å². The number of ether oxygens (including phenoxy) is 1. The van der Waals surface area contributed by atoms with Crippen LogP contribution in [0.25, 0.3) is 0 Å². The van der Waals surface area contributed by atoms with Crippen molar-refractivity contribution in [1.82, 2.24) is 10.0 Å². The molecule has 0 aromatic heterocycles. The molecule has 3 aliphatic carbocycles. The van der Waals surface area contributed by atoms with Crippen molar-refractivity contribution >= 4 is 10.0 Å². The normalized spacial score (nSPS) is 30.2. The largest absolute Gasteiger partial charge is 0.573 e. The molecule has 5 rings (SSSR count). The number of rotatable bonds is 5. The smallest absolute Gasteiger partial charge is 0.406 e. The second-order valence-corrected chi connectivity index (χ2v) is 9.40. The van der Waals surface area contributed by atoms with Gasteiger partial charge in [-0.15, -0.1) is 13.2 Å². The SMILES string of the molecule is O=S(=O)(NC1(C23CC(C2)C3)CCNCC1)c1ccc(OC(F)(F)F)cc1. The lowest BCUT2D eigenvalue weighted by atomic mass is 9.37. The van der Waals surface area contributed by atoms with E-state index in [0.717, 1.165) is 75.4 Å². The van der Waals surface area contributed by atoms with Gasteiger partial charge in [-0.3, -0.25) is 0 Å². The van der Waals surface area contributed by atoms with Gasteiger partial charge in [-0.25, -0.2) is 13.1 Å². The molecule has 5 nitrogen and oxygen atoms in total. The number of nitrogens with one attached hydrogen (secondary N) is 2. The van der Waals surface area contributed by atoms with E-state index in [0.29, 0.717) is 0 Å². The lowest BCUT2D eigenvalue weighted by Crippen LogP contribution is -2.73. The first kappa shape index (κ1) is 18.1. The van der Waals surface area contributed by atoms with Crippen molar-refractivity contribution in [1.29, 1.82) is 0 Å². The Labute approximate surface area is 150 Å². The van der Waals surface area contributed by atoms with Crippen LogP contribution in [0.1, 0.15) is 32.1 Å². The fourth-order valence-electron chi connectivity index (χ4n) is 4.80. The predicted molar refractivity (Wildman–Crippen MR) is 88.1 cm³/mol. The summed E-state index contributed by atoms with van der Waals surface area (Å²) in [6.45, 7) is 1.51. The molecule has 0 amide bonds. The van der Waals surface area contributed by atoms with E-state index in [1.807, 2.05) is 0 Å². The number of sulfonamides is 1. The molecule has 1 aromatic carbocycles. The minimum Gasteiger partial charge on any atom is -0.406 e. The first-order chi connectivity index (χ1) is 12.1. The lowest BCUT2D eigenvalue weighted by molar-refractivity contribution is -0.274. The van der Waals surface area contributed by atoms with Gasteiger partial charge in [0.15, 0.2) is 0 Å². The minimum absolute atomic E-state index is 0.0449. The highest BCUT2D eigenvalue weighted by molar-refractivity contribution is 7.89. The Morgan fingerprint density at radius 1 is 1.08 bits per heavy atom. The number of hydrogen-bond donors (Lipinski definition) is 2. The molecule has 1 heterocycles. The molecule has 0 radical (unpaired) electrons. The first-order valence-corrected chi connectivity index (χ1v) is 10.2. The number of halogens is 3.